The molecule has 0 heterocycles. The van der Waals surface area contributed by atoms with Crippen molar-refractivity contribution >= 4 is 12.0 Å². The fourth-order valence-electron chi connectivity index (χ4n) is 2.02. The van der Waals surface area contributed by atoms with Crippen LogP contribution < -0.4 is 9.47 Å². The molecule has 1 N–H and O–H groups in total. The number of rotatable bonds is 8. The van der Waals surface area contributed by atoms with Gasteiger partial charge in [0.15, 0.2) is 0 Å². The summed E-state index contributed by atoms with van der Waals surface area (Å²) in [5.74, 6) is 0.533. The third-order valence-electron chi connectivity index (χ3n) is 3.23. The van der Waals surface area contributed by atoms with Crippen molar-refractivity contribution in [2.45, 2.75) is 13.3 Å². The van der Waals surface area contributed by atoms with Crippen molar-refractivity contribution in [3.05, 3.63) is 65.7 Å². The first-order valence-electron chi connectivity index (χ1n) is 7.53. The van der Waals surface area contributed by atoms with Crippen LogP contribution in [-0.4, -0.2) is 24.3 Å². The predicted molar refractivity (Wildman–Crippen MR) is 89.9 cm³/mol. The summed E-state index contributed by atoms with van der Waals surface area (Å²) in [6, 6.07) is 15.3. The predicted octanol–water partition coefficient (Wildman–Crippen LogP) is 3.80. The van der Waals surface area contributed by atoms with Gasteiger partial charge in [-0.1, -0.05) is 31.2 Å². The molecule has 0 saturated carbocycles. The largest absolute Gasteiger partial charge is 0.490 e. The van der Waals surface area contributed by atoms with Gasteiger partial charge in [0, 0.05) is 6.08 Å². The average molecular weight is 312 g/mol. The zero-order valence-corrected chi connectivity index (χ0v) is 13.1. The number of carboxylic acid groups (broad SMARTS) is 1. The fraction of sp³-hybridized carbons (Fsp3) is 0.211. The molecule has 0 aromatic heterocycles. The van der Waals surface area contributed by atoms with Crippen LogP contribution in [0.2, 0.25) is 0 Å². The van der Waals surface area contributed by atoms with E-state index >= 15 is 0 Å². The molecule has 0 saturated heterocycles. The minimum atomic E-state index is -0.973. The highest BCUT2D eigenvalue weighted by molar-refractivity contribution is 5.85. The Bertz CT molecular complexity index is 659. The van der Waals surface area contributed by atoms with E-state index in [0.717, 1.165) is 23.8 Å². The molecule has 0 unspecified atom stereocenters. The molecule has 0 aliphatic heterocycles. The summed E-state index contributed by atoms with van der Waals surface area (Å²) in [6.45, 7) is 2.98. The van der Waals surface area contributed by atoms with Crippen LogP contribution in [0.15, 0.2) is 54.6 Å². The number of carbonyl (C=O) groups is 1. The van der Waals surface area contributed by atoms with E-state index in [9.17, 15) is 4.79 Å². The van der Waals surface area contributed by atoms with Crippen LogP contribution in [-0.2, 0) is 11.2 Å². The highest BCUT2D eigenvalue weighted by atomic mass is 16.5. The summed E-state index contributed by atoms with van der Waals surface area (Å²) in [6.07, 6.45) is 3.64. The van der Waals surface area contributed by atoms with Crippen molar-refractivity contribution in [3.63, 3.8) is 0 Å². The van der Waals surface area contributed by atoms with Crippen LogP contribution in [0.25, 0.3) is 6.08 Å². The molecule has 4 nitrogen and oxygen atoms in total. The molecule has 4 heteroatoms. The quantitative estimate of drug-likeness (QED) is 0.595. The van der Waals surface area contributed by atoms with Crippen LogP contribution in [0, 0.1) is 0 Å². The fourth-order valence-corrected chi connectivity index (χ4v) is 2.02. The second-order valence-corrected chi connectivity index (χ2v) is 4.94. The van der Waals surface area contributed by atoms with Gasteiger partial charge < -0.3 is 14.6 Å². The van der Waals surface area contributed by atoms with E-state index in [2.05, 4.69) is 19.1 Å². The highest BCUT2D eigenvalue weighted by Crippen LogP contribution is 2.15. The van der Waals surface area contributed by atoms with Crippen molar-refractivity contribution in [1.82, 2.24) is 0 Å². The lowest BCUT2D eigenvalue weighted by Gasteiger charge is -2.09. The number of benzene rings is 2. The van der Waals surface area contributed by atoms with Crippen molar-refractivity contribution in [1.29, 1.82) is 0 Å². The SMILES string of the molecule is CCc1ccc(OCCOc2cccc(C=CC(=O)O)c2)cc1. The normalized spacial score (nSPS) is 10.7. The summed E-state index contributed by atoms with van der Waals surface area (Å²) in [7, 11) is 0. The van der Waals surface area contributed by atoms with Crippen molar-refractivity contribution in [2.24, 2.45) is 0 Å². The first kappa shape index (κ1) is 16.6. The Labute approximate surface area is 136 Å². The number of ether oxygens (including phenoxy) is 2. The second-order valence-electron chi connectivity index (χ2n) is 4.94. The third-order valence-corrected chi connectivity index (χ3v) is 3.23. The maximum atomic E-state index is 10.5. The molecule has 0 fully saturated rings. The van der Waals surface area contributed by atoms with E-state index in [1.165, 1.54) is 11.6 Å². The molecule has 0 spiro atoms. The summed E-state index contributed by atoms with van der Waals surface area (Å²) in [5, 5.41) is 8.62. The molecular formula is C19H20O4. The Balaban J connectivity index is 1.79. The molecule has 0 atom stereocenters. The van der Waals surface area contributed by atoms with Gasteiger partial charge in [-0.15, -0.1) is 0 Å². The van der Waals surface area contributed by atoms with Gasteiger partial charge in [0.1, 0.15) is 24.7 Å². The number of aliphatic carboxylic acids is 1. The molecule has 23 heavy (non-hydrogen) atoms. The standard InChI is InChI=1S/C19H20O4/c1-2-15-6-9-17(10-7-15)22-12-13-23-18-5-3-4-16(14-18)8-11-19(20)21/h3-11,14H,2,12-13H2,1H3,(H,20,21). The maximum absolute atomic E-state index is 10.5. The molecule has 120 valence electrons. The lowest BCUT2D eigenvalue weighted by molar-refractivity contribution is -0.131. The van der Waals surface area contributed by atoms with Crippen LogP contribution >= 0.6 is 0 Å². The Morgan fingerprint density at radius 2 is 1.74 bits per heavy atom. The number of carboxylic acids is 1. The molecule has 0 aliphatic rings. The zero-order chi connectivity index (χ0) is 16.5. The van der Waals surface area contributed by atoms with Gasteiger partial charge in [-0.2, -0.15) is 0 Å². The summed E-state index contributed by atoms with van der Waals surface area (Å²) in [4.78, 5) is 10.5. The van der Waals surface area contributed by atoms with Crippen molar-refractivity contribution in [3.8, 4) is 11.5 Å². The van der Waals surface area contributed by atoms with E-state index in [4.69, 9.17) is 14.6 Å². The van der Waals surface area contributed by atoms with Crippen LogP contribution in [0.5, 0.6) is 11.5 Å². The Morgan fingerprint density at radius 1 is 1.04 bits per heavy atom. The Hall–Kier alpha value is -2.75. The maximum Gasteiger partial charge on any atom is 0.328 e. The van der Waals surface area contributed by atoms with Crippen LogP contribution in [0.4, 0.5) is 0 Å². The first-order chi connectivity index (χ1) is 11.2. The number of hydrogen-bond donors (Lipinski definition) is 1. The molecule has 2 rings (SSSR count). The van der Waals surface area contributed by atoms with E-state index in [1.807, 2.05) is 30.3 Å². The minimum absolute atomic E-state index is 0.418. The summed E-state index contributed by atoms with van der Waals surface area (Å²) < 4.78 is 11.2. The van der Waals surface area contributed by atoms with Gasteiger partial charge >= 0.3 is 5.97 Å². The van der Waals surface area contributed by atoms with Crippen LogP contribution in [0.1, 0.15) is 18.1 Å². The highest BCUT2D eigenvalue weighted by Gasteiger charge is 1.98. The van der Waals surface area contributed by atoms with Gasteiger partial charge in [0.05, 0.1) is 0 Å². The van der Waals surface area contributed by atoms with E-state index in [0.29, 0.717) is 19.0 Å². The molecule has 0 radical (unpaired) electrons. The van der Waals surface area contributed by atoms with Gasteiger partial charge in [0.2, 0.25) is 0 Å². The third kappa shape index (κ3) is 5.87. The lowest BCUT2D eigenvalue weighted by Crippen LogP contribution is -2.09. The van der Waals surface area contributed by atoms with Crippen molar-refractivity contribution in [2.75, 3.05) is 13.2 Å². The van der Waals surface area contributed by atoms with Gasteiger partial charge in [-0.05, 0) is 47.9 Å². The first-order valence-corrected chi connectivity index (χ1v) is 7.53. The molecule has 0 amide bonds. The lowest BCUT2D eigenvalue weighted by atomic mass is 10.2. The second kappa shape index (κ2) is 8.63. The van der Waals surface area contributed by atoms with Gasteiger partial charge in [0.25, 0.3) is 0 Å². The number of aryl methyl sites for hydroxylation is 1. The number of hydrogen-bond acceptors (Lipinski definition) is 3. The summed E-state index contributed by atoms with van der Waals surface area (Å²) >= 11 is 0. The van der Waals surface area contributed by atoms with Crippen molar-refractivity contribution < 1.29 is 19.4 Å². The van der Waals surface area contributed by atoms with E-state index in [1.54, 1.807) is 6.07 Å². The minimum Gasteiger partial charge on any atom is -0.490 e. The molecular weight excluding hydrogens is 292 g/mol. The average Bonchev–Trinajstić information content (AvgIpc) is 2.58. The molecule has 2 aromatic carbocycles. The van der Waals surface area contributed by atoms with E-state index < -0.39 is 5.97 Å². The molecule has 2 aromatic rings. The molecule has 0 bridgehead atoms. The summed E-state index contributed by atoms with van der Waals surface area (Å²) in [5.41, 5.74) is 2.06. The van der Waals surface area contributed by atoms with Gasteiger partial charge in [-0.25, -0.2) is 4.79 Å². The monoisotopic (exact) mass is 312 g/mol. The topological polar surface area (TPSA) is 55.8 Å². The smallest absolute Gasteiger partial charge is 0.328 e. The molecule has 0 aliphatic carbocycles. The Kier molecular flexibility index (Phi) is 6.24. The van der Waals surface area contributed by atoms with Crippen LogP contribution in [0.3, 0.4) is 0 Å². The zero-order valence-electron chi connectivity index (χ0n) is 13.1. The van der Waals surface area contributed by atoms with E-state index in [-0.39, 0.29) is 0 Å². The Morgan fingerprint density at radius 3 is 2.39 bits per heavy atom. The van der Waals surface area contributed by atoms with Gasteiger partial charge in [-0.3, -0.25) is 0 Å².